The monoisotopic (exact) mass is 652 g/mol. The average molecular weight is 653 g/mol. The largest absolute Gasteiger partial charge is 0.456 e. The molecule has 0 atom stereocenters. The number of hydrogen-bond donors (Lipinski definition) is 0. The SMILES string of the molecule is c1ccc(-c2cc(-c3ccccc3)nc(-n3c4cc5c(cc4c4c3ccc3c6ccccc6n(-c6ccccc6)c34)oc3ccccc35)n2)cc1. The second kappa shape index (κ2) is 10.8. The van der Waals surface area contributed by atoms with Gasteiger partial charge in [-0.2, -0.15) is 0 Å². The molecule has 5 heteroatoms. The molecular formula is C46H28N4O. The number of para-hydroxylation sites is 3. The van der Waals surface area contributed by atoms with Gasteiger partial charge in [0.1, 0.15) is 11.2 Å². The average Bonchev–Trinajstić information content (AvgIpc) is 3.85. The predicted octanol–water partition coefficient (Wildman–Crippen LogP) is 11.9. The molecule has 11 aromatic rings. The van der Waals surface area contributed by atoms with Crippen molar-refractivity contribution in [1.29, 1.82) is 0 Å². The molecule has 0 spiro atoms. The summed E-state index contributed by atoms with van der Waals surface area (Å²) in [5.41, 5.74) is 11.0. The van der Waals surface area contributed by atoms with Gasteiger partial charge in [0.2, 0.25) is 5.95 Å². The van der Waals surface area contributed by atoms with E-state index >= 15 is 0 Å². The Balaban J connectivity index is 1.34. The maximum Gasteiger partial charge on any atom is 0.235 e. The van der Waals surface area contributed by atoms with Gasteiger partial charge < -0.3 is 8.98 Å². The second-order valence-corrected chi connectivity index (χ2v) is 13.0. The van der Waals surface area contributed by atoms with Crippen LogP contribution in [0.4, 0.5) is 0 Å². The van der Waals surface area contributed by atoms with E-state index in [4.69, 9.17) is 14.4 Å². The van der Waals surface area contributed by atoms with Crippen LogP contribution >= 0.6 is 0 Å². The first-order chi connectivity index (χ1) is 25.3. The quantitative estimate of drug-likeness (QED) is 0.190. The molecule has 11 rings (SSSR count). The van der Waals surface area contributed by atoms with Crippen molar-refractivity contribution in [2.45, 2.75) is 0 Å². The molecule has 0 radical (unpaired) electrons. The minimum Gasteiger partial charge on any atom is -0.456 e. The van der Waals surface area contributed by atoms with Gasteiger partial charge in [0.15, 0.2) is 0 Å². The third-order valence-electron chi connectivity index (χ3n) is 10.1. The molecule has 0 amide bonds. The molecule has 51 heavy (non-hydrogen) atoms. The highest BCUT2D eigenvalue weighted by molar-refractivity contribution is 6.28. The first-order valence-electron chi connectivity index (χ1n) is 17.2. The lowest BCUT2D eigenvalue weighted by Gasteiger charge is -2.12. The summed E-state index contributed by atoms with van der Waals surface area (Å²) in [6.45, 7) is 0. The summed E-state index contributed by atoms with van der Waals surface area (Å²) in [4.78, 5) is 10.7. The van der Waals surface area contributed by atoms with Crippen LogP contribution < -0.4 is 0 Å². The van der Waals surface area contributed by atoms with Gasteiger partial charge in [-0.1, -0.05) is 121 Å². The Kier molecular flexibility index (Phi) is 5.89. The summed E-state index contributed by atoms with van der Waals surface area (Å²) in [5.74, 6) is 0.615. The number of rotatable bonds is 4. The molecule has 4 heterocycles. The Labute approximate surface area is 292 Å². The van der Waals surface area contributed by atoms with Gasteiger partial charge in [-0.15, -0.1) is 0 Å². The van der Waals surface area contributed by atoms with E-state index in [0.29, 0.717) is 5.95 Å². The topological polar surface area (TPSA) is 48.8 Å². The van der Waals surface area contributed by atoms with E-state index in [1.165, 1.54) is 10.8 Å². The molecule has 0 unspecified atom stereocenters. The molecule has 0 aliphatic heterocycles. The molecule has 5 nitrogen and oxygen atoms in total. The third-order valence-corrected chi connectivity index (χ3v) is 10.1. The van der Waals surface area contributed by atoms with Crippen molar-refractivity contribution in [2.75, 3.05) is 0 Å². The van der Waals surface area contributed by atoms with Crippen LogP contribution in [-0.4, -0.2) is 19.1 Å². The standard InChI is InChI=1S/C46H28N4O/c1-4-14-29(15-5-1)37-28-38(30-16-6-2-7-17-30)48-46(47-37)50-40-25-24-34-32-20-10-12-22-39(32)49(31-18-8-3-9-19-31)45(34)44(40)36-27-43-35(26-41(36)50)33-21-11-13-23-42(33)51-43/h1-28H. The lowest BCUT2D eigenvalue weighted by Crippen LogP contribution is -2.04. The first kappa shape index (κ1) is 27.9. The lowest BCUT2D eigenvalue weighted by atomic mass is 10.1. The van der Waals surface area contributed by atoms with E-state index in [-0.39, 0.29) is 0 Å². The molecular weight excluding hydrogens is 625 g/mol. The zero-order chi connectivity index (χ0) is 33.5. The van der Waals surface area contributed by atoms with Crippen LogP contribution in [-0.2, 0) is 0 Å². The van der Waals surface area contributed by atoms with E-state index in [2.05, 4.69) is 155 Å². The summed E-state index contributed by atoms with van der Waals surface area (Å²) >= 11 is 0. The molecule has 4 aromatic heterocycles. The van der Waals surface area contributed by atoms with Crippen LogP contribution in [0, 0.1) is 0 Å². The molecule has 0 fully saturated rings. The minimum absolute atomic E-state index is 0.615. The van der Waals surface area contributed by atoms with Gasteiger partial charge in [-0.3, -0.25) is 4.57 Å². The number of fused-ring (bicyclic) bond motifs is 10. The maximum atomic E-state index is 6.52. The predicted molar refractivity (Wildman–Crippen MR) is 209 cm³/mol. The van der Waals surface area contributed by atoms with Crippen molar-refractivity contribution in [2.24, 2.45) is 0 Å². The Hall–Kier alpha value is -6.98. The summed E-state index contributed by atoms with van der Waals surface area (Å²) < 4.78 is 11.2. The number of hydrogen-bond acceptors (Lipinski definition) is 3. The van der Waals surface area contributed by atoms with Gasteiger partial charge >= 0.3 is 0 Å². The van der Waals surface area contributed by atoms with Gasteiger partial charge in [-0.05, 0) is 48.5 Å². The number of benzene rings is 7. The molecule has 0 saturated carbocycles. The van der Waals surface area contributed by atoms with Crippen molar-refractivity contribution in [3.63, 3.8) is 0 Å². The highest BCUT2D eigenvalue weighted by Crippen LogP contribution is 2.44. The summed E-state index contributed by atoms with van der Waals surface area (Å²) in [5, 5.41) is 6.74. The van der Waals surface area contributed by atoms with E-state index in [9.17, 15) is 0 Å². The van der Waals surface area contributed by atoms with Crippen LogP contribution in [0.1, 0.15) is 0 Å². The minimum atomic E-state index is 0.615. The first-order valence-corrected chi connectivity index (χ1v) is 17.2. The highest BCUT2D eigenvalue weighted by Gasteiger charge is 2.24. The van der Waals surface area contributed by atoms with E-state index in [0.717, 1.165) is 83.0 Å². The van der Waals surface area contributed by atoms with Crippen molar-refractivity contribution in [3.8, 4) is 34.2 Å². The fourth-order valence-electron chi connectivity index (χ4n) is 7.88. The highest BCUT2D eigenvalue weighted by atomic mass is 16.3. The Bertz CT molecular complexity index is 3060. The Morgan fingerprint density at radius 2 is 1.02 bits per heavy atom. The Morgan fingerprint density at radius 1 is 0.392 bits per heavy atom. The molecule has 0 aliphatic rings. The van der Waals surface area contributed by atoms with E-state index in [1.54, 1.807) is 0 Å². The van der Waals surface area contributed by atoms with Gasteiger partial charge in [-0.25, -0.2) is 9.97 Å². The molecule has 238 valence electrons. The second-order valence-electron chi connectivity index (χ2n) is 13.0. The van der Waals surface area contributed by atoms with Gasteiger partial charge in [0.05, 0.1) is 33.5 Å². The third kappa shape index (κ3) is 4.15. The van der Waals surface area contributed by atoms with Gasteiger partial charge in [0.25, 0.3) is 0 Å². The van der Waals surface area contributed by atoms with Crippen molar-refractivity contribution in [1.82, 2.24) is 19.1 Å². The van der Waals surface area contributed by atoms with Gasteiger partial charge in [0, 0.05) is 49.1 Å². The number of furan rings is 1. The zero-order valence-electron chi connectivity index (χ0n) is 27.4. The molecule has 0 aliphatic carbocycles. The van der Waals surface area contributed by atoms with Crippen molar-refractivity contribution < 1.29 is 4.42 Å². The molecule has 0 N–H and O–H groups in total. The van der Waals surface area contributed by atoms with Crippen LogP contribution in [0.3, 0.4) is 0 Å². The van der Waals surface area contributed by atoms with Crippen LogP contribution in [0.15, 0.2) is 174 Å². The van der Waals surface area contributed by atoms with Crippen LogP contribution in [0.25, 0.3) is 99.7 Å². The normalized spacial score (nSPS) is 11.9. The van der Waals surface area contributed by atoms with E-state index in [1.807, 2.05) is 24.3 Å². The number of aromatic nitrogens is 4. The molecule has 0 saturated heterocycles. The Morgan fingerprint density at radius 3 is 1.75 bits per heavy atom. The molecule has 0 bridgehead atoms. The van der Waals surface area contributed by atoms with Crippen LogP contribution in [0.5, 0.6) is 0 Å². The molecule has 7 aromatic carbocycles. The fraction of sp³-hybridized carbons (Fsp3) is 0. The lowest BCUT2D eigenvalue weighted by molar-refractivity contribution is 0.669. The smallest absolute Gasteiger partial charge is 0.235 e. The summed E-state index contributed by atoms with van der Waals surface area (Å²) in [6.07, 6.45) is 0. The number of nitrogens with zero attached hydrogens (tertiary/aromatic N) is 4. The fourth-order valence-corrected chi connectivity index (χ4v) is 7.88. The van der Waals surface area contributed by atoms with E-state index < -0.39 is 0 Å². The summed E-state index contributed by atoms with van der Waals surface area (Å²) in [6, 6.07) is 59.4. The van der Waals surface area contributed by atoms with Crippen molar-refractivity contribution >= 4 is 65.6 Å². The maximum absolute atomic E-state index is 6.52. The van der Waals surface area contributed by atoms with Crippen molar-refractivity contribution in [3.05, 3.63) is 170 Å². The zero-order valence-corrected chi connectivity index (χ0v) is 27.4. The summed E-state index contributed by atoms with van der Waals surface area (Å²) in [7, 11) is 0. The van der Waals surface area contributed by atoms with Crippen LogP contribution in [0.2, 0.25) is 0 Å².